The lowest BCUT2D eigenvalue weighted by Gasteiger charge is -2.15. The Balaban J connectivity index is 1.79. The molecule has 1 saturated heterocycles. The number of rotatable bonds is 3. The van der Waals surface area contributed by atoms with Gasteiger partial charge in [0.15, 0.2) is 4.32 Å². The van der Waals surface area contributed by atoms with Crippen LogP contribution in [-0.4, -0.2) is 26.3 Å². The van der Waals surface area contributed by atoms with Crippen molar-refractivity contribution in [1.29, 1.82) is 0 Å². The van der Waals surface area contributed by atoms with E-state index in [0.29, 0.717) is 0 Å². The number of hydrogen-bond donors (Lipinski definition) is 2. The molecule has 0 atom stereocenters. The first-order valence-corrected chi connectivity index (χ1v) is 8.30. The average molecular weight is 374 g/mol. The molecule has 0 radical (unpaired) electrons. The van der Waals surface area contributed by atoms with Gasteiger partial charge in [0.05, 0.1) is 4.91 Å². The van der Waals surface area contributed by atoms with Crippen LogP contribution in [0.25, 0.3) is 6.08 Å². The molecule has 1 aliphatic rings. The molecule has 2 amide bonds. The van der Waals surface area contributed by atoms with Crippen molar-refractivity contribution in [2.75, 3.05) is 0 Å². The van der Waals surface area contributed by atoms with Gasteiger partial charge in [-0.15, -0.1) is 0 Å². The first-order chi connectivity index (χ1) is 12.0. The minimum atomic E-state index is -0.552. The fraction of sp³-hybridized carbons (Fsp3) is 0. The van der Waals surface area contributed by atoms with Crippen molar-refractivity contribution in [2.24, 2.45) is 0 Å². The van der Waals surface area contributed by atoms with Crippen LogP contribution in [0.15, 0.2) is 53.4 Å². The molecule has 2 aromatic rings. The summed E-state index contributed by atoms with van der Waals surface area (Å²) in [5.41, 5.74) is 2.92. The van der Waals surface area contributed by atoms with E-state index in [4.69, 9.17) is 12.2 Å². The average Bonchev–Trinajstić information content (AvgIpc) is 2.85. The number of nitrogens with zero attached hydrogens (tertiary/aromatic N) is 1. The SMILES string of the molecule is O=C(NN1C(=O)C(=Cc2ccccc2F)SC1=S)c1ccc(O)cc1. The van der Waals surface area contributed by atoms with Gasteiger partial charge in [0, 0.05) is 11.1 Å². The number of nitrogens with one attached hydrogen (secondary N) is 1. The zero-order chi connectivity index (χ0) is 18.0. The summed E-state index contributed by atoms with van der Waals surface area (Å²) in [7, 11) is 0. The summed E-state index contributed by atoms with van der Waals surface area (Å²) in [5, 5.41) is 10.2. The van der Waals surface area contributed by atoms with E-state index in [2.05, 4.69) is 5.43 Å². The Bertz CT molecular complexity index is 897. The van der Waals surface area contributed by atoms with E-state index in [-0.39, 0.29) is 26.1 Å². The van der Waals surface area contributed by atoms with Crippen LogP contribution in [0.3, 0.4) is 0 Å². The largest absolute Gasteiger partial charge is 0.508 e. The van der Waals surface area contributed by atoms with Crippen molar-refractivity contribution in [3.63, 3.8) is 0 Å². The lowest BCUT2D eigenvalue weighted by Crippen LogP contribution is -2.44. The van der Waals surface area contributed by atoms with Crippen molar-refractivity contribution >= 4 is 46.2 Å². The zero-order valence-electron chi connectivity index (χ0n) is 12.6. The summed E-state index contributed by atoms with van der Waals surface area (Å²) in [4.78, 5) is 24.8. The molecule has 1 heterocycles. The van der Waals surface area contributed by atoms with Crippen molar-refractivity contribution in [1.82, 2.24) is 10.4 Å². The van der Waals surface area contributed by atoms with Gasteiger partial charge >= 0.3 is 0 Å². The molecule has 1 fully saturated rings. The highest BCUT2D eigenvalue weighted by molar-refractivity contribution is 8.26. The number of hydrazine groups is 1. The molecule has 8 heteroatoms. The van der Waals surface area contributed by atoms with Crippen LogP contribution in [0.5, 0.6) is 5.75 Å². The Morgan fingerprint density at radius 1 is 1.20 bits per heavy atom. The van der Waals surface area contributed by atoms with E-state index in [0.717, 1.165) is 16.8 Å². The number of phenols is 1. The lowest BCUT2D eigenvalue weighted by molar-refractivity contribution is -0.123. The first kappa shape index (κ1) is 17.1. The molecule has 126 valence electrons. The van der Waals surface area contributed by atoms with Crippen molar-refractivity contribution in [3.05, 3.63) is 70.4 Å². The summed E-state index contributed by atoms with van der Waals surface area (Å²) in [6.07, 6.45) is 1.39. The Morgan fingerprint density at radius 2 is 1.88 bits per heavy atom. The number of phenolic OH excluding ortho intramolecular Hbond substituents is 1. The van der Waals surface area contributed by atoms with Crippen LogP contribution in [0.2, 0.25) is 0 Å². The second-order valence-corrected chi connectivity index (χ2v) is 6.70. The molecule has 2 aromatic carbocycles. The van der Waals surface area contributed by atoms with Crippen molar-refractivity contribution in [2.45, 2.75) is 0 Å². The summed E-state index contributed by atoms with van der Waals surface area (Å²) in [6.45, 7) is 0. The van der Waals surface area contributed by atoms with Crippen LogP contribution < -0.4 is 5.43 Å². The van der Waals surface area contributed by atoms with E-state index in [1.807, 2.05) is 0 Å². The fourth-order valence-corrected chi connectivity index (χ4v) is 3.25. The van der Waals surface area contributed by atoms with Gasteiger partial charge in [-0.2, -0.15) is 5.01 Å². The monoisotopic (exact) mass is 374 g/mol. The maximum absolute atomic E-state index is 13.7. The highest BCUT2D eigenvalue weighted by atomic mass is 32.2. The van der Waals surface area contributed by atoms with Gasteiger partial charge in [-0.25, -0.2) is 4.39 Å². The van der Waals surface area contributed by atoms with Gasteiger partial charge in [0.2, 0.25) is 0 Å². The predicted octanol–water partition coefficient (Wildman–Crippen LogP) is 3.08. The molecule has 1 aliphatic heterocycles. The number of carbonyl (C=O) groups excluding carboxylic acids is 2. The van der Waals surface area contributed by atoms with Crippen LogP contribution in [0, 0.1) is 5.82 Å². The Labute approximate surface area is 152 Å². The highest BCUT2D eigenvalue weighted by Gasteiger charge is 2.33. The maximum atomic E-state index is 13.7. The van der Waals surface area contributed by atoms with Gasteiger partial charge in [-0.05, 0) is 48.6 Å². The van der Waals surface area contributed by atoms with Crippen LogP contribution in [-0.2, 0) is 4.79 Å². The van der Waals surface area contributed by atoms with E-state index >= 15 is 0 Å². The van der Waals surface area contributed by atoms with Gasteiger partial charge in [0.25, 0.3) is 11.8 Å². The number of halogens is 1. The molecule has 0 unspecified atom stereocenters. The summed E-state index contributed by atoms with van der Waals surface area (Å²) in [5.74, 6) is -1.52. The molecule has 0 spiro atoms. The van der Waals surface area contributed by atoms with E-state index in [9.17, 15) is 19.1 Å². The van der Waals surface area contributed by atoms with E-state index in [1.165, 1.54) is 42.5 Å². The number of thiocarbonyl (C=S) groups is 1. The van der Waals surface area contributed by atoms with E-state index < -0.39 is 17.6 Å². The molecular weight excluding hydrogens is 363 g/mol. The normalized spacial score (nSPS) is 15.7. The van der Waals surface area contributed by atoms with Gasteiger partial charge in [0.1, 0.15) is 11.6 Å². The number of carbonyl (C=O) groups is 2. The minimum absolute atomic E-state index is 0.0231. The lowest BCUT2D eigenvalue weighted by atomic mass is 10.2. The third-order valence-corrected chi connectivity index (χ3v) is 4.63. The Hall–Kier alpha value is -2.71. The second kappa shape index (κ2) is 7.04. The third kappa shape index (κ3) is 3.70. The molecule has 2 N–H and O–H groups in total. The number of hydrogen-bond acceptors (Lipinski definition) is 5. The standard InChI is InChI=1S/C17H11FN2O3S2/c18-13-4-2-1-3-11(13)9-14-16(23)20(17(24)25-14)19-15(22)10-5-7-12(21)8-6-10/h1-9,21H,(H,19,22). The molecule has 0 bridgehead atoms. The third-order valence-electron chi connectivity index (χ3n) is 3.33. The summed E-state index contributed by atoms with van der Waals surface area (Å²) in [6, 6.07) is 11.6. The molecule has 0 aromatic heterocycles. The maximum Gasteiger partial charge on any atom is 0.285 e. The molecule has 0 aliphatic carbocycles. The minimum Gasteiger partial charge on any atom is -0.508 e. The Morgan fingerprint density at radius 3 is 2.56 bits per heavy atom. The predicted molar refractivity (Wildman–Crippen MR) is 97.0 cm³/mol. The van der Waals surface area contributed by atoms with Crippen molar-refractivity contribution in [3.8, 4) is 5.75 Å². The molecule has 3 rings (SSSR count). The zero-order valence-corrected chi connectivity index (χ0v) is 14.2. The van der Waals surface area contributed by atoms with Crippen molar-refractivity contribution < 1.29 is 19.1 Å². The molecular formula is C17H11FN2O3S2. The highest BCUT2D eigenvalue weighted by Crippen LogP contribution is 2.31. The van der Waals surface area contributed by atoms with Gasteiger partial charge in [-0.1, -0.05) is 30.0 Å². The van der Waals surface area contributed by atoms with Gasteiger partial charge in [-0.3, -0.25) is 15.0 Å². The molecule has 0 saturated carbocycles. The smallest absolute Gasteiger partial charge is 0.285 e. The molecule has 5 nitrogen and oxygen atoms in total. The van der Waals surface area contributed by atoms with E-state index in [1.54, 1.807) is 12.1 Å². The van der Waals surface area contributed by atoms with Crippen LogP contribution >= 0.6 is 24.0 Å². The quantitative estimate of drug-likeness (QED) is 0.638. The Kier molecular flexibility index (Phi) is 4.82. The number of aromatic hydroxyl groups is 1. The summed E-state index contributed by atoms with van der Waals surface area (Å²) < 4.78 is 13.9. The molecule has 25 heavy (non-hydrogen) atoms. The number of amides is 2. The van der Waals surface area contributed by atoms with Gasteiger partial charge < -0.3 is 5.11 Å². The second-order valence-electron chi connectivity index (χ2n) is 5.03. The van der Waals surface area contributed by atoms with Crippen LogP contribution in [0.1, 0.15) is 15.9 Å². The number of benzene rings is 2. The topological polar surface area (TPSA) is 69.6 Å². The first-order valence-electron chi connectivity index (χ1n) is 7.08. The fourth-order valence-electron chi connectivity index (χ4n) is 2.08. The summed E-state index contributed by atoms with van der Waals surface area (Å²) >= 11 is 6.08. The number of thioether (sulfide) groups is 1. The van der Waals surface area contributed by atoms with Crippen LogP contribution in [0.4, 0.5) is 4.39 Å².